The highest BCUT2D eigenvalue weighted by molar-refractivity contribution is 7.93. The van der Waals surface area contributed by atoms with Gasteiger partial charge in [-0.25, -0.2) is 8.42 Å². The second-order valence-corrected chi connectivity index (χ2v) is 6.12. The van der Waals surface area contributed by atoms with Crippen LogP contribution in [-0.2, 0) is 10.0 Å². The number of pyridine rings is 1. The highest BCUT2D eigenvalue weighted by Crippen LogP contribution is 2.25. The molecule has 7 nitrogen and oxygen atoms in total. The minimum Gasteiger partial charge on any atom is -0.366 e. The first-order valence-corrected chi connectivity index (χ1v) is 7.35. The molecule has 0 fully saturated rings. The maximum atomic E-state index is 12.0. The molecule has 2 aromatic heterocycles. The smallest absolute Gasteiger partial charge is 0.263 e. The fourth-order valence-corrected chi connectivity index (χ4v) is 3.42. The number of carbonyl (C=O) groups is 1. The number of nitrogens with two attached hydrogens (primary N) is 1. The maximum absolute atomic E-state index is 12.0. The molecule has 0 aliphatic rings. The molecule has 0 saturated carbocycles. The molecule has 0 spiro atoms. The van der Waals surface area contributed by atoms with E-state index in [0.29, 0.717) is 0 Å². The van der Waals surface area contributed by atoms with E-state index in [1.54, 1.807) is 5.38 Å². The van der Waals surface area contributed by atoms with Gasteiger partial charge in [0.25, 0.3) is 15.9 Å². The van der Waals surface area contributed by atoms with Gasteiger partial charge < -0.3 is 10.7 Å². The van der Waals surface area contributed by atoms with Crippen LogP contribution in [0.25, 0.3) is 0 Å². The molecule has 0 atom stereocenters. The molecule has 9 heteroatoms. The van der Waals surface area contributed by atoms with Gasteiger partial charge in [-0.1, -0.05) is 0 Å². The minimum atomic E-state index is -3.87. The van der Waals surface area contributed by atoms with E-state index >= 15 is 0 Å². The van der Waals surface area contributed by atoms with Crippen LogP contribution in [0.2, 0.25) is 0 Å². The Labute approximate surface area is 112 Å². The zero-order valence-corrected chi connectivity index (χ0v) is 11.0. The lowest BCUT2D eigenvalue weighted by Crippen LogP contribution is -2.18. The van der Waals surface area contributed by atoms with E-state index in [0.717, 1.165) is 23.6 Å². The molecule has 0 aliphatic heterocycles. The fourth-order valence-electron chi connectivity index (χ4n) is 1.33. The zero-order chi connectivity index (χ0) is 14.0. The summed E-state index contributed by atoms with van der Waals surface area (Å²) in [5.41, 5.74) is 4.81. The summed E-state index contributed by atoms with van der Waals surface area (Å²) in [6, 6.07) is 3.69. The molecule has 2 rings (SSSR count). The van der Waals surface area contributed by atoms with Gasteiger partial charge in [-0.05, 0) is 17.5 Å². The van der Waals surface area contributed by atoms with Crippen molar-refractivity contribution >= 4 is 32.3 Å². The van der Waals surface area contributed by atoms with Crippen molar-refractivity contribution in [3.05, 3.63) is 45.7 Å². The molecule has 0 aromatic carbocycles. The van der Waals surface area contributed by atoms with Crippen molar-refractivity contribution in [2.75, 3.05) is 4.72 Å². The lowest BCUT2D eigenvalue weighted by Gasteiger charge is -2.06. The van der Waals surface area contributed by atoms with Crippen LogP contribution < -0.4 is 16.0 Å². The Hall–Kier alpha value is -2.13. The van der Waals surface area contributed by atoms with E-state index in [9.17, 15) is 18.0 Å². The topological polar surface area (TPSA) is 122 Å². The van der Waals surface area contributed by atoms with Crippen LogP contribution in [0.4, 0.5) is 5.00 Å². The van der Waals surface area contributed by atoms with E-state index in [-0.39, 0.29) is 15.5 Å². The highest BCUT2D eigenvalue weighted by Gasteiger charge is 2.18. The summed E-state index contributed by atoms with van der Waals surface area (Å²) in [5.74, 6) is -0.722. The van der Waals surface area contributed by atoms with Crippen molar-refractivity contribution in [3.8, 4) is 0 Å². The number of H-pyrrole nitrogens is 1. The molecule has 0 radical (unpaired) electrons. The Kier molecular flexibility index (Phi) is 3.40. The first-order chi connectivity index (χ1) is 8.90. The average molecular weight is 299 g/mol. The standard InChI is InChI=1S/C10H9N3O4S2/c11-9(15)7-3-4-18-10(7)13-19(16,17)6-1-2-8(14)12-5-6/h1-5,13H,(H2,11,15)(H,12,14). The molecule has 0 aliphatic carbocycles. The number of hydrogen-bond acceptors (Lipinski definition) is 5. The third-order valence-corrected chi connectivity index (χ3v) is 4.53. The van der Waals surface area contributed by atoms with Gasteiger partial charge in [0.05, 0.1) is 5.56 Å². The Balaban J connectivity index is 2.36. The highest BCUT2D eigenvalue weighted by atomic mass is 32.2. The van der Waals surface area contributed by atoms with Gasteiger partial charge in [0, 0.05) is 12.3 Å². The van der Waals surface area contributed by atoms with E-state index in [2.05, 4.69) is 9.71 Å². The van der Waals surface area contributed by atoms with Gasteiger partial charge in [0.2, 0.25) is 5.56 Å². The van der Waals surface area contributed by atoms with Crippen molar-refractivity contribution < 1.29 is 13.2 Å². The average Bonchev–Trinajstić information content (AvgIpc) is 2.77. The predicted octanol–water partition coefficient (Wildman–Crippen LogP) is 0.336. The molecule has 2 aromatic rings. The zero-order valence-electron chi connectivity index (χ0n) is 9.41. The molecule has 100 valence electrons. The third kappa shape index (κ3) is 2.83. The molecule has 1 amide bonds. The summed E-state index contributed by atoms with van der Waals surface area (Å²) >= 11 is 1.04. The summed E-state index contributed by atoms with van der Waals surface area (Å²) in [7, 11) is -3.87. The summed E-state index contributed by atoms with van der Waals surface area (Å²) < 4.78 is 26.3. The lowest BCUT2D eigenvalue weighted by molar-refractivity contribution is 0.100. The Bertz CT molecular complexity index is 756. The summed E-state index contributed by atoms with van der Waals surface area (Å²) in [4.78, 5) is 24.1. The molecule has 0 bridgehead atoms. The van der Waals surface area contributed by atoms with Crippen LogP contribution in [-0.4, -0.2) is 19.3 Å². The van der Waals surface area contributed by atoms with Gasteiger partial charge in [0.15, 0.2) is 0 Å². The Morgan fingerprint density at radius 2 is 2.05 bits per heavy atom. The van der Waals surface area contributed by atoms with Gasteiger partial charge >= 0.3 is 0 Å². The summed E-state index contributed by atoms with van der Waals surface area (Å²) in [6.45, 7) is 0. The second-order valence-electron chi connectivity index (χ2n) is 3.52. The number of primary amides is 1. The largest absolute Gasteiger partial charge is 0.366 e. The number of sulfonamides is 1. The van der Waals surface area contributed by atoms with Crippen molar-refractivity contribution in [2.45, 2.75) is 4.90 Å². The molecular formula is C10H9N3O4S2. The van der Waals surface area contributed by atoms with Gasteiger partial charge in [-0.15, -0.1) is 11.3 Å². The van der Waals surface area contributed by atoms with Crippen LogP contribution in [0.5, 0.6) is 0 Å². The number of anilines is 1. The molecule has 19 heavy (non-hydrogen) atoms. The maximum Gasteiger partial charge on any atom is 0.263 e. The second kappa shape index (κ2) is 4.86. The molecule has 2 heterocycles. The molecule has 0 unspecified atom stereocenters. The third-order valence-electron chi connectivity index (χ3n) is 2.22. The number of aromatic amines is 1. The SMILES string of the molecule is NC(=O)c1ccsc1NS(=O)(=O)c1ccc(=O)[nH]c1. The van der Waals surface area contributed by atoms with Crippen LogP contribution in [0.3, 0.4) is 0 Å². The van der Waals surface area contributed by atoms with Crippen molar-refractivity contribution in [3.63, 3.8) is 0 Å². The number of rotatable bonds is 4. The van der Waals surface area contributed by atoms with Crippen molar-refractivity contribution in [1.29, 1.82) is 0 Å². The van der Waals surface area contributed by atoms with E-state index in [1.165, 1.54) is 12.1 Å². The minimum absolute atomic E-state index is 0.0954. The van der Waals surface area contributed by atoms with Crippen LogP contribution in [0.15, 0.2) is 39.5 Å². The number of hydrogen-bond donors (Lipinski definition) is 3. The van der Waals surface area contributed by atoms with Crippen LogP contribution >= 0.6 is 11.3 Å². The predicted molar refractivity (Wildman–Crippen MR) is 70.7 cm³/mol. The summed E-state index contributed by atoms with van der Waals surface area (Å²) in [6.07, 6.45) is 1.07. The van der Waals surface area contributed by atoms with E-state index in [4.69, 9.17) is 5.73 Å². The number of carbonyl (C=O) groups excluding carboxylic acids is 1. The Morgan fingerprint density at radius 1 is 1.32 bits per heavy atom. The number of nitrogens with one attached hydrogen (secondary N) is 2. The number of aromatic nitrogens is 1. The van der Waals surface area contributed by atoms with E-state index < -0.39 is 21.5 Å². The van der Waals surface area contributed by atoms with Gasteiger partial charge in [-0.2, -0.15) is 0 Å². The molecule has 0 saturated heterocycles. The number of thiophene rings is 1. The van der Waals surface area contributed by atoms with Crippen LogP contribution in [0, 0.1) is 0 Å². The summed E-state index contributed by atoms with van der Waals surface area (Å²) in [5, 5.41) is 1.68. The molecule has 4 N–H and O–H groups in total. The lowest BCUT2D eigenvalue weighted by atomic mass is 10.3. The molecular weight excluding hydrogens is 290 g/mol. The van der Waals surface area contributed by atoms with E-state index in [1.807, 2.05) is 0 Å². The number of amides is 1. The quantitative estimate of drug-likeness (QED) is 0.753. The van der Waals surface area contributed by atoms with Crippen molar-refractivity contribution in [1.82, 2.24) is 4.98 Å². The monoisotopic (exact) mass is 299 g/mol. The first-order valence-electron chi connectivity index (χ1n) is 4.99. The van der Waals surface area contributed by atoms with Gasteiger partial charge in [-0.3, -0.25) is 14.3 Å². The van der Waals surface area contributed by atoms with Gasteiger partial charge in [0.1, 0.15) is 9.90 Å². The Morgan fingerprint density at radius 3 is 2.63 bits per heavy atom. The normalized spacial score (nSPS) is 11.2. The van der Waals surface area contributed by atoms with Crippen LogP contribution in [0.1, 0.15) is 10.4 Å². The van der Waals surface area contributed by atoms with Crippen molar-refractivity contribution in [2.24, 2.45) is 5.73 Å². The first kappa shape index (κ1) is 13.3. The fraction of sp³-hybridized carbons (Fsp3) is 0.